The highest BCUT2D eigenvalue weighted by Gasteiger charge is 2.20. The number of nitrogens with one attached hydrogen (secondary N) is 1. The maximum atomic E-state index is 12.6. The molecule has 2 N–H and O–H groups in total. The number of para-hydroxylation sites is 1. The third kappa shape index (κ3) is 5.70. The highest BCUT2D eigenvalue weighted by atomic mass is 32.2. The van der Waals surface area contributed by atoms with Crippen molar-refractivity contribution in [1.82, 2.24) is 0 Å². The summed E-state index contributed by atoms with van der Waals surface area (Å²) >= 11 is 1.54. The lowest BCUT2D eigenvalue weighted by Gasteiger charge is -2.15. The SMILES string of the molecule is C[C@@H](OC(=O)c1ccc(CO)cc1)C(=O)Nc1ccccc1Sc1ccccc1. The average molecular weight is 407 g/mol. The molecule has 0 aliphatic heterocycles. The number of rotatable bonds is 7. The molecule has 1 amide bonds. The Morgan fingerprint density at radius 3 is 2.31 bits per heavy atom. The van der Waals surface area contributed by atoms with E-state index in [0.717, 1.165) is 9.79 Å². The number of amides is 1. The molecule has 148 valence electrons. The largest absolute Gasteiger partial charge is 0.449 e. The molecule has 0 unspecified atom stereocenters. The molecule has 0 aliphatic rings. The standard InChI is InChI=1S/C23H21NO4S/c1-16(28-23(27)18-13-11-17(15-25)12-14-18)22(26)24-20-9-5-6-10-21(20)29-19-7-3-2-4-8-19/h2-14,16,25H,15H2,1H3,(H,24,26)/t16-/m1/s1. The second-order valence-electron chi connectivity index (χ2n) is 6.30. The molecule has 0 aromatic heterocycles. The number of aliphatic hydroxyl groups excluding tert-OH is 1. The number of esters is 1. The molecule has 1 atom stereocenters. The molecule has 3 aromatic rings. The molecule has 3 rings (SSSR count). The predicted molar refractivity (Wildman–Crippen MR) is 113 cm³/mol. The summed E-state index contributed by atoms with van der Waals surface area (Å²) in [6, 6.07) is 23.7. The topological polar surface area (TPSA) is 75.6 Å². The number of anilines is 1. The van der Waals surface area contributed by atoms with E-state index < -0.39 is 18.0 Å². The van der Waals surface area contributed by atoms with Crippen LogP contribution in [0, 0.1) is 0 Å². The first-order chi connectivity index (χ1) is 14.1. The molecule has 5 nitrogen and oxygen atoms in total. The highest BCUT2D eigenvalue weighted by molar-refractivity contribution is 7.99. The number of aliphatic hydroxyl groups is 1. The minimum absolute atomic E-state index is 0.103. The molecule has 0 saturated carbocycles. The van der Waals surface area contributed by atoms with E-state index in [-0.39, 0.29) is 6.61 Å². The van der Waals surface area contributed by atoms with Crippen molar-refractivity contribution in [2.75, 3.05) is 5.32 Å². The molecule has 0 bridgehead atoms. The minimum Gasteiger partial charge on any atom is -0.449 e. The molecule has 6 heteroatoms. The van der Waals surface area contributed by atoms with E-state index in [4.69, 9.17) is 9.84 Å². The van der Waals surface area contributed by atoms with Crippen LogP contribution in [0.4, 0.5) is 5.69 Å². The first kappa shape index (κ1) is 20.6. The van der Waals surface area contributed by atoms with Crippen LogP contribution in [0.15, 0.2) is 88.7 Å². The van der Waals surface area contributed by atoms with E-state index in [1.807, 2.05) is 54.6 Å². The molecule has 0 aliphatic carbocycles. The Morgan fingerprint density at radius 2 is 1.62 bits per heavy atom. The van der Waals surface area contributed by atoms with E-state index in [2.05, 4.69) is 5.32 Å². The number of ether oxygens (including phenoxy) is 1. The van der Waals surface area contributed by atoms with Crippen molar-refractivity contribution in [2.24, 2.45) is 0 Å². The Balaban J connectivity index is 1.64. The summed E-state index contributed by atoms with van der Waals surface area (Å²) in [6.07, 6.45) is -0.963. The van der Waals surface area contributed by atoms with Gasteiger partial charge in [0.15, 0.2) is 6.10 Å². The number of benzene rings is 3. The number of carbonyl (C=O) groups excluding carboxylic acids is 2. The smallest absolute Gasteiger partial charge is 0.338 e. The van der Waals surface area contributed by atoms with E-state index >= 15 is 0 Å². The predicted octanol–water partition coefficient (Wildman–Crippen LogP) is 4.51. The van der Waals surface area contributed by atoms with Crippen LogP contribution < -0.4 is 5.32 Å². The molecule has 0 saturated heterocycles. The van der Waals surface area contributed by atoms with Crippen LogP contribution in [0.2, 0.25) is 0 Å². The lowest BCUT2D eigenvalue weighted by Crippen LogP contribution is -2.30. The summed E-state index contributed by atoms with van der Waals surface area (Å²) in [6.45, 7) is 1.43. The van der Waals surface area contributed by atoms with E-state index in [9.17, 15) is 9.59 Å². The number of hydrogen-bond acceptors (Lipinski definition) is 5. The van der Waals surface area contributed by atoms with Gasteiger partial charge in [0.25, 0.3) is 5.91 Å². The zero-order valence-corrected chi connectivity index (χ0v) is 16.7. The first-order valence-corrected chi connectivity index (χ1v) is 9.92. The van der Waals surface area contributed by atoms with E-state index in [0.29, 0.717) is 16.8 Å². The molecule has 29 heavy (non-hydrogen) atoms. The fraction of sp³-hybridized carbons (Fsp3) is 0.130. The Bertz CT molecular complexity index is 974. The molecule has 0 heterocycles. The zero-order chi connectivity index (χ0) is 20.6. The van der Waals surface area contributed by atoms with Gasteiger partial charge in [-0.2, -0.15) is 0 Å². The summed E-state index contributed by atoms with van der Waals surface area (Å²) in [5.41, 5.74) is 1.67. The minimum atomic E-state index is -0.963. The Labute approximate surface area is 173 Å². The van der Waals surface area contributed by atoms with Crippen molar-refractivity contribution >= 4 is 29.3 Å². The van der Waals surface area contributed by atoms with Gasteiger partial charge in [0.2, 0.25) is 0 Å². The molecule has 0 spiro atoms. The summed E-state index contributed by atoms with van der Waals surface area (Å²) in [5.74, 6) is -1.00. The van der Waals surface area contributed by atoms with Crippen molar-refractivity contribution < 1.29 is 19.4 Å². The van der Waals surface area contributed by atoms with Gasteiger partial charge in [-0.15, -0.1) is 0 Å². The maximum absolute atomic E-state index is 12.6. The molecular weight excluding hydrogens is 386 g/mol. The van der Waals surface area contributed by atoms with Crippen LogP contribution >= 0.6 is 11.8 Å². The van der Waals surface area contributed by atoms with Gasteiger partial charge >= 0.3 is 5.97 Å². The fourth-order valence-electron chi connectivity index (χ4n) is 2.54. The number of hydrogen-bond donors (Lipinski definition) is 2. The summed E-state index contributed by atoms with van der Waals surface area (Å²) in [4.78, 5) is 26.8. The van der Waals surface area contributed by atoms with Gasteiger partial charge in [-0.05, 0) is 48.9 Å². The molecule has 0 radical (unpaired) electrons. The van der Waals surface area contributed by atoms with Crippen LogP contribution in [0.25, 0.3) is 0 Å². The Morgan fingerprint density at radius 1 is 0.966 bits per heavy atom. The van der Waals surface area contributed by atoms with Crippen LogP contribution in [0.3, 0.4) is 0 Å². The monoisotopic (exact) mass is 407 g/mol. The normalized spacial score (nSPS) is 11.5. The lowest BCUT2D eigenvalue weighted by atomic mass is 10.1. The van der Waals surface area contributed by atoms with Crippen molar-refractivity contribution in [1.29, 1.82) is 0 Å². The van der Waals surface area contributed by atoms with Crippen LogP contribution in [0.1, 0.15) is 22.8 Å². The lowest BCUT2D eigenvalue weighted by molar-refractivity contribution is -0.123. The zero-order valence-electron chi connectivity index (χ0n) is 15.9. The fourth-order valence-corrected chi connectivity index (χ4v) is 3.46. The molecular formula is C23H21NO4S. The summed E-state index contributed by atoms with van der Waals surface area (Å²) < 4.78 is 5.28. The Kier molecular flexibility index (Phi) is 7.05. The van der Waals surface area contributed by atoms with Crippen molar-refractivity contribution in [2.45, 2.75) is 29.4 Å². The van der Waals surface area contributed by atoms with Gasteiger partial charge in [-0.3, -0.25) is 4.79 Å². The number of carbonyl (C=O) groups is 2. The van der Waals surface area contributed by atoms with Gasteiger partial charge in [-0.1, -0.05) is 54.2 Å². The van der Waals surface area contributed by atoms with E-state index in [1.54, 1.807) is 24.3 Å². The van der Waals surface area contributed by atoms with Crippen LogP contribution in [-0.2, 0) is 16.1 Å². The van der Waals surface area contributed by atoms with Crippen molar-refractivity contribution in [3.05, 3.63) is 90.0 Å². The van der Waals surface area contributed by atoms with Gasteiger partial charge in [0.1, 0.15) is 0 Å². The van der Waals surface area contributed by atoms with Crippen molar-refractivity contribution in [3.8, 4) is 0 Å². The highest BCUT2D eigenvalue weighted by Crippen LogP contribution is 2.33. The Hall–Kier alpha value is -3.09. The first-order valence-electron chi connectivity index (χ1n) is 9.10. The van der Waals surface area contributed by atoms with Crippen LogP contribution in [0.5, 0.6) is 0 Å². The molecule has 0 fully saturated rings. The van der Waals surface area contributed by atoms with Gasteiger partial charge in [-0.25, -0.2) is 4.79 Å². The van der Waals surface area contributed by atoms with Gasteiger partial charge < -0.3 is 15.2 Å². The van der Waals surface area contributed by atoms with Crippen LogP contribution in [-0.4, -0.2) is 23.1 Å². The molecule has 3 aromatic carbocycles. The van der Waals surface area contributed by atoms with Crippen molar-refractivity contribution in [3.63, 3.8) is 0 Å². The average Bonchev–Trinajstić information content (AvgIpc) is 2.75. The van der Waals surface area contributed by atoms with E-state index in [1.165, 1.54) is 18.7 Å². The quantitative estimate of drug-likeness (QED) is 0.564. The summed E-state index contributed by atoms with van der Waals surface area (Å²) in [5, 5.41) is 11.9. The second kappa shape index (κ2) is 9.91. The second-order valence-corrected chi connectivity index (χ2v) is 7.42. The van der Waals surface area contributed by atoms with Gasteiger partial charge in [0.05, 0.1) is 17.9 Å². The third-order valence-corrected chi connectivity index (χ3v) is 5.22. The van der Waals surface area contributed by atoms with Gasteiger partial charge in [0, 0.05) is 9.79 Å². The maximum Gasteiger partial charge on any atom is 0.338 e. The summed E-state index contributed by atoms with van der Waals surface area (Å²) in [7, 11) is 0. The third-order valence-electron chi connectivity index (χ3n) is 4.14.